The molecule has 12 heteroatoms. The quantitative estimate of drug-likeness (QED) is 0.390. The molecule has 0 spiro atoms. The van der Waals surface area contributed by atoms with Gasteiger partial charge in [0.2, 0.25) is 23.6 Å². The zero-order valence-corrected chi connectivity index (χ0v) is 15.4. The van der Waals surface area contributed by atoms with E-state index in [2.05, 4.69) is 20.6 Å². The lowest BCUT2D eigenvalue weighted by molar-refractivity contribution is -0.141. The van der Waals surface area contributed by atoms with Gasteiger partial charge in [0, 0.05) is 35.9 Å². The number of imidazole rings is 1. The van der Waals surface area contributed by atoms with Crippen LogP contribution < -0.4 is 16.4 Å². The van der Waals surface area contributed by atoms with Crippen molar-refractivity contribution < 1.29 is 28.1 Å². The predicted octanol–water partition coefficient (Wildman–Crippen LogP) is -2.15. The van der Waals surface area contributed by atoms with Gasteiger partial charge in [0.15, 0.2) is 0 Å². The van der Waals surface area contributed by atoms with Gasteiger partial charge in [-0.25, -0.2) is 9.78 Å². The summed E-state index contributed by atoms with van der Waals surface area (Å²) in [6.45, 7) is -2.70. The number of aromatic amines is 1. The molecule has 6 amide bonds. The maximum atomic E-state index is 13.1. The Balaban J connectivity index is 1.75. The van der Waals surface area contributed by atoms with Gasteiger partial charge in [-0.2, -0.15) is 0 Å². The lowest BCUT2D eigenvalue weighted by Crippen LogP contribution is -2.61. The highest BCUT2D eigenvalue weighted by molar-refractivity contribution is 6.03. The fraction of sp³-hybridized carbons (Fsp3) is 0.529. The average Bonchev–Trinajstić information content (AvgIpc) is 3.37. The normalized spacial score (nSPS) is 24.9. The first-order valence-corrected chi connectivity index (χ1v) is 9.00. The Labute approximate surface area is 170 Å². The molecule has 3 rings (SSSR count). The van der Waals surface area contributed by atoms with Gasteiger partial charge >= 0.3 is 6.03 Å². The topological polar surface area (TPSA) is 171 Å². The van der Waals surface area contributed by atoms with Crippen molar-refractivity contribution in [3.63, 3.8) is 0 Å². The van der Waals surface area contributed by atoms with E-state index >= 15 is 0 Å². The van der Waals surface area contributed by atoms with E-state index in [1.807, 2.05) is 0 Å². The Morgan fingerprint density at radius 2 is 2.24 bits per heavy atom. The first-order valence-electron chi connectivity index (χ1n) is 10.5. The summed E-state index contributed by atoms with van der Waals surface area (Å²) in [6, 6.07) is -4.54. The minimum atomic E-state index is -2.98. The first kappa shape index (κ1) is 16.5. The summed E-state index contributed by atoms with van der Waals surface area (Å²) < 4.78 is 21.8. The lowest BCUT2D eigenvalue weighted by atomic mass is 10.1. The molecule has 3 heterocycles. The molecule has 0 bridgehead atoms. The molecule has 156 valence electrons. The maximum absolute atomic E-state index is 13.1. The van der Waals surface area contributed by atoms with Crippen molar-refractivity contribution >= 4 is 29.7 Å². The van der Waals surface area contributed by atoms with E-state index in [0.717, 1.165) is 0 Å². The standard InChI is InChI=1S/C17H23N7O5/c1-23-13(25)6-10(22-17(23)29)15(27)21-11(5-9-7-19-8-20-9)16(28)24-4-2-3-12(24)14(18)26/h7-8,10-12H,2-6H2,1H3,(H2,18,26)(H,19,20)(H,21,27)(H,22,29)/t10-,11-,12-/m0/s1/i1+1D3. The molecular weight excluding hydrogens is 383 g/mol. The first-order chi connectivity index (χ1) is 15.0. The summed E-state index contributed by atoms with van der Waals surface area (Å²) in [7, 11) is 0. The predicted molar refractivity (Wildman–Crippen MR) is 97.9 cm³/mol. The Morgan fingerprint density at radius 3 is 2.86 bits per heavy atom. The van der Waals surface area contributed by atoms with E-state index in [-0.39, 0.29) is 17.9 Å². The van der Waals surface area contributed by atoms with E-state index in [1.54, 1.807) is 0 Å². The SMILES string of the molecule is [2H][13C]([2H])([2H])N1C(=O)C[C@@H](C(=O)N[C@@H](Cc2cnc[nH]2)C(=O)N2CCC[C@H]2C(N)=O)NC1=O. The minimum absolute atomic E-state index is 0.00254. The Kier molecular flexibility index (Phi) is 4.72. The van der Waals surface area contributed by atoms with E-state index in [0.29, 0.717) is 18.5 Å². The van der Waals surface area contributed by atoms with Crippen LogP contribution in [0, 0.1) is 0 Å². The summed E-state index contributed by atoms with van der Waals surface area (Å²) in [5.74, 6) is -3.09. The van der Waals surface area contributed by atoms with Gasteiger partial charge in [-0.15, -0.1) is 0 Å². The molecule has 3 atom stereocenters. The number of hydrogen-bond acceptors (Lipinski definition) is 6. The van der Waals surface area contributed by atoms with E-state index in [1.165, 1.54) is 17.4 Å². The summed E-state index contributed by atoms with van der Waals surface area (Å²) in [5, 5.41) is 4.68. The average molecular weight is 409 g/mol. The largest absolute Gasteiger partial charge is 0.368 e. The number of carbonyl (C=O) groups excluding carboxylic acids is 5. The van der Waals surface area contributed by atoms with Gasteiger partial charge in [-0.3, -0.25) is 24.1 Å². The molecule has 0 aliphatic carbocycles. The third-order valence-electron chi connectivity index (χ3n) is 4.90. The molecule has 12 nitrogen and oxygen atoms in total. The maximum Gasteiger partial charge on any atom is 0.324 e. The summed E-state index contributed by atoms with van der Waals surface area (Å²) in [4.78, 5) is 69.9. The molecule has 2 fully saturated rings. The number of imide groups is 1. The number of aromatic nitrogens is 2. The van der Waals surface area contributed by atoms with Gasteiger partial charge in [0.1, 0.15) is 18.1 Å². The van der Waals surface area contributed by atoms with E-state index in [9.17, 15) is 24.0 Å². The van der Waals surface area contributed by atoms with Crippen LogP contribution in [0.15, 0.2) is 12.5 Å². The van der Waals surface area contributed by atoms with Crippen molar-refractivity contribution in [2.24, 2.45) is 5.73 Å². The number of primary amides is 1. The van der Waals surface area contributed by atoms with Crippen LogP contribution in [0.25, 0.3) is 0 Å². The molecule has 5 N–H and O–H groups in total. The molecule has 1 aromatic rings. The van der Waals surface area contributed by atoms with Crippen LogP contribution in [0.4, 0.5) is 4.79 Å². The minimum Gasteiger partial charge on any atom is -0.368 e. The number of urea groups is 1. The van der Waals surface area contributed by atoms with Crippen molar-refractivity contribution in [1.82, 2.24) is 30.4 Å². The van der Waals surface area contributed by atoms with Crippen LogP contribution in [-0.2, 0) is 25.6 Å². The molecule has 29 heavy (non-hydrogen) atoms. The summed E-state index contributed by atoms with van der Waals surface area (Å²) in [5.41, 5.74) is 5.91. The second-order valence-corrected chi connectivity index (χ2v) is 6.87. The Morgan fingerprint density at radius 1 is 1.45 bits per heavy atom. The van der Waals surface area contributed by atoms with Crippen molar-refractivity contribution in [3.05, 3.63) is 18.2 Å². The molecule has 2 aliphatic heterocycles. The number of likely N-dealkylation sites (tertiary alicyclic amines) is 1. The second-order valence-electron chi connectivity index (χ2n) is 6.87. The number of carbonyl (C=O) groups is 5. The molecule has 0 aromatic carbocycles. The molecular formula is C17H23N7O5. The van der Waals surface area contributed by atoms with Crippen molar-refractivity contribution in [1.29, 1.82) is 0 Å². The summed E-state index contributed by atoms with van der Waals surface area (Å²) in [6.07, 6.45) is 3.25. The van der Waals surface area contributed by atoms with Crippen molar-refractivity contribution in [2.75, 3.05) is 13.5 Å². The number of nitrogens with one attached hydrogen (secondary N) is 3. The highest BCUT2D eigenvalue weighted by Gasteiger charge is 2.39. The fourth-order valence-electron chi connectivity index (χ4n) is 3.42. The number of hydrogen-bond donors (Lipinski definition) is 4. The number of rotatable bonds is 6. The highest BCUT2D eigenvalue weighted by atomic mass is 16.2. The Hall–Kier alpha value is -3.44. The van der Waals surface area contributed by atoms with E-state index < -0.39 is 61.2 Å². The summed E-state index contributed by atoms with van der Waals surface area (Å²) >= 11 is 0. The fourth-order valence-corrected chi connectivity index (χ4v) is 3.42. The van der Waals surface area contributed by atoms with Crippen LogP contribution >= 0.6 is 0 Å². The molecule has 0 unspecified atom stereocenters. The monoisotopic (exact) mass is 409 g/mol. The van der Waals surface area contributed by atoms with E-state index in [4.69, 9.17) is 9.85 Å². The highest BCUT2D eigenvalue weighted by Crippen LogP contribution is 2.19. The number of nitrogens with two attached hydrogens (primary N) is 1. The van der Waals surface area contributed by atoms with Gasteiger partial charge in [0.05, 0.1) is 12.7 Å². The van der Waals surface area contributed by atoms with Crippen LogP contribution in [0.3, 0.4) is 0 Å². The van der Waals surface area contributed by atoms with Crippen molar-refractivity contribution in [2.45, 2.75) is 43.8 Å². The number of amides is 6. The molecule has 1 aromatic heterocycles. The third kappa shape index (κ3) is 4.36. The van der Waals surface area contributed by atoms with Crippen molar-refractivity contribution in [3.8, 4) is 0 Å². The molecule has 0 radical (unpaired) electrons. The van der Waals surface area contributed by atoms with Gasteiger partial charge < -0.3 is 26.3 Å². The van der Waals surface area contributed by atoms with Gasteiger partial charge in [0.25, 0.3) is 0 Å². The van der Waals surface area contributed by atoms with Gasteiger partial charge in [-0.05, 0) is 12.8 Å². The molecule has 2 saturated heterocycles. The van der Waals surface area contributed by atoms with Crippen LogP contribution in [0.1, 0.15) is 29.1 Å². The van der Waals surface area contributed by atoms with Crippen LogP contribution in [0.5, 0.6) is 0 Å². The van der Waals surface area contributed by atoms with Crippen LogP contribution in [-0.4, -0.2) is 81.1 Å². The Bertz CT molecular complexity index is 902. The zero-order valence-electron chi connectivity index (χ0n) is 18.4. The molecule has 0 saturated carbocycles. The number of H-pyrrole nitrogens is 1. The lowest BCUT2D eigenvalue weighted by Gasteiger charge is -2.31. The second kappa shape index (κ2) is 8.29. The zero-order chi connectivity index (χ0) is 23.6. The van der Waals surface area contributed by atoms with Crippen LogP contribution in [0.2, 0.25) is 0 Å². The third-order valence-corrected chi connectivity index (χ3v) is 4.90. The number of nitrogens with zero attached hydrogens (tertiary/aromatic N) is 3. The smallest absolute Gasteiger partial charge is 0.324 e. The molecule has 2 aliphatic rings. The van der Waals surface area contributed by atoms with Gasteiger partial charge in [-0.1, -0.05) is 0 Å².